The fourth-order valence-electron chi connectivity index (χ4n) is 2.47. The largest absolute Gasteiger partial charge is 0.326 e. The summed E-state index contributed by atoms with van der Waals surface area (Å²) in [4.78, 5) is 18.2. The first-order valence-corrected chi connectivity index (χ1v) is 7.37. The van der Waals surface area contributed by atoms with Crippen LogP contribution in [-0.4, -0.2) is 23.3 Å². The lowest BCUT2D eigenvalue weighted by Gasteiger charge is -2.20. The van der Waals surface area contributed by atoms with Gasteiger partial charge in [0.15, 0.2) is 0 Å². The second kappa shape index (κ2) is 6.02. The highest BCUT2D eigenvalue weighted by molar-refractivity contribution is 6.09. The van der Waals surface area contributed by atoms with Crippen LogP contribution in [0.1, 0.15) is 16.7 Å². The van der Waals surface area contributed by atoms with Crippen LogP contribution in [0.4, 0.5) is 5.69 Å². The average molecular weight is 293 g/mol. The number of carbonyl (C=O) groups is 1. The van der Waals surface area contributed by atoms with E-state index >= 15 is 0 Å². The van der Waals surface area contributed by atoms with E-state index < -0.39 is 0 Å². The van der Waals surface area contributed by atoms with E-state index in [0.29, 0.717) is 12.5 Å². The van der Waals surface area contributed by atoms with E-state index in [4.69, 9.17) is 0 Å². The molecule has 1 aliphatic rings. The molecule has 1 aliphatic heterocycles. The fraction of sp³-hybridized carbons (Fsp3) is 0.222. The molecule has 0 saturated heterocycles. The molecule has 0 atom stereocenters. The van der Waals surface area contributed by atoms with Gasteiger partial charge in [0.2, 0.25) is 5.96 Å². The van der Waals surface area contributed by atoms with Crippen LogP contribution in [-0.2, 0) is 11.3 Å². The van der Waals surface area contributed by atoms with Crippen molar-refractivity contribution in [1.82, 2.24) is 4.90 Å². The lowest BCUT2D eigenvalue weighted by Crippen LogP contribution is -2.36. The maximum Gasteiger partial charge on any atom is 0.251 e. The summed E-state index contributed by atoms with van der Waals surface area (Å²) in [6.07, 6.45) is 0. The number of benzene rings is 2. The van der Waals surface area contributed by atoms with Crippen molar-refractivity contribution < 1.29 is 4.79 Å². The Morgan fingerprint density at radius 3 is 2.64 bits per heavy atom. The summed E-state index contributed by atoms with van der Waals surface area (Å²) >= 11 is 0. The van der Waals surface area contributed by atoms with Gasteiger partial charge in [0.05, 0.1) is 6.54 Å². The minimum atomic E-state index is 0.0247. The molecule has 1 amide bonds. The number of aliphatic imine (C=N–C) groups is 1. The van der Waals surface area contributed by atoms with Crippen molar-refractivity contribution in [3.05, 3.63) is 65.2 Å². The number of hydrogen-bond donors (Lipinski definition) is 1. The summed E-state index contributed by atoms with van der Waals surface area (Å²) in [6.45, 7) is 4.89. The molecule has 0 bridgehead atoms. The van der Waals surface area contributed by atoms with Crippen molar-refractivity contribution >= 4 is 17.6 Å². The molecule has 0 aromatic heterocycles. The van der Waals surface area contributed by atoms with Crippen LogP contribution in [0.25, 0.3) is 0 Å². The number of anilines is 1. The van der Waals surface area contributed by atoms with Crippen LogP contribution in [0.5, 0.6) is 0 Å². The van der Waals surface area contributed by atoms with Crippen LogP contribution in [0.15, 0.2) is 53.5 Å². The first kappa shape index (κ1) is 14.3. The molecule has 0 aliphatic carbocycles. The third kappa shape index (κ3) is 2.86. The first-order chi connectivity index (χ1) is 10.6. The lowest BCUT2D eigenvalue weighted by atomic mass is 10.1. The summed E-state index contributed by atoms with van der Waals surface area (Å²) in [6, 6.07) is 16.0. The second-order valence-electron chi connectivity index (χ2n) is 5.48. The summed E-state index contributed by atoms with van der Waals surface area (Å²) in [5.41, 5.74) is 4.47. The molecule has 2 aromatic rings. The predicted molar refractivity (Wildman–Crippen MR) is 88.8 cm³/mol. The zero-order valence-electron chi connectivity index (χ0n) is 12.8. The molecule has 1 N–H and O–H groups in total. The molecule has 0 spiro atoms. The van der Waals surface area contributed by atoms with Gasteiger partial charge in [-0.3, -0.25) is 9.69 Å². The standard InChI is InChI=1S/C18H19N3O/c1-13-7-6-10-16(14(13)2)20-18-19-11-17(22)21(18)12-15-8-4-3-5-9-15/h3-10H,11-12H2,1-2H3,(H,19,20). The molecule has 2 aromatic carbocycles. The Labute approximate surface area is 130 Å². The number of carbonyl (C=O) groups excluding carboxylic acids is 1. The predicted octanol–water partition coefficient (Wildman–Crippen LogP) is 3.11. The summed E-state index contributed by atoms with van der Waals surface area (Å²) < 4.78 is 0. The van der Waals surface area contributed by atoms with Gasteiger partial charge in [-0.2, -0.15) is 0 Å². The number of aryl methyl sites for hydroxylation is 1. The van der Waals surface area contributed by atoms with Crippen molar-refractivity contribution in [3.63, 3.8) is 0 Å². The number of amides is 1. The summed E-state index contributed by atoms with van der Waals surface area (Å²) in [5.74, 6) is 0.652. The van der Waals surface area contributed by atoms with Crippen molar-refractivity contribution in [3.8, 4) is 0 Å². The van der Waals surface area contributed by atoms with Crippen LogP contribution in [0.3, 0.4) is 0 Å². The molecule has 112 valence electrons. The first-order valence-electron chi connectivity index (χ1n) is 7.37. The number of nitrogens with one attached hydrogen (secondary N) is 1. The Hall–Kier alpha value is -2.62. The molecule has 0 unspecified atom stereocenters. The lowest BCUT2D eigenvalue weighted by molar-refractivity contribution is -0.125. The molecule has 0 fully saturated rings. The minimum Gasteiger partial charge on any atom is -0.326 e. The zero-order chi connectivity index (χ0) is 15.5. The van der Waals surface area contributed by atoms with Gasteiger partial charge in [0.25, 0.3) is 5.91 Å². The third-order valence-corrected chi connectivity index (χ3v) is 3.96. The summed E-state index contributed by atoms with van der Waals surface area (Å²) in [7, 11) is 0. The number of nitrogens with zero attached hydrogens (tertiary/aromatic N) is 2. The number of guanidine groups is 1. The SMILES string of the molecule is Cc1cccc(NC2=NCC(=O)N2Cc2ccccc2)c1C. The molecule has 4 heteroatoms. The second-order valence-corrected chi connectivity index (χ2v) is 5.48. The van der Waals surface area contributed by atoms with E-state index in [-0.39, 0.29) is 12.5 Å². The molecule has 4 nitrogen and oxygen atoms in total. The van der Waals surface area contributed by atoms with Crippen LogP contribution < -0.4 is 5.32 Å². The van der Waals surface area contributed by atoms with E-state index in [0.717, 1.165) is 11.3 Å². The highest BCUT2D eigenvalue weighted by atomic mass is 16.2. The molecule has 3 rings (SSSR count). The maximum absolute atomic E-state index is 12.1. The molecular formula is C18H19N3O. The van der Waals surface area contributed by atoms with Crippen molar-refractivity contribution in [2.75, 3.05) is 11.9 Å². The molecule has 22 heavy (non-hydrogen) atoms. The van der Waals surface area contributed by atoms with Gasteiger partial charge in [-0.25, -0.2) is 4.99 Å². The summed E-state index contributed by atoms with van der Waals surface area (Å²) in [5, 5.41) is 3.31. The van der Waals surface area contributed by atoms with E-state index in [1.54, 1.807) is 4.90 Å². The normalized spacial score (nSPS) is 14.2. The Morgan fingerprint density at radius 2 is 1.86 bits per heavy atom. The highest BCUT2D eigenvalue weighted by Gasteiger charge is 2.25. The third-order valence-electron chi connectivity index (χ3n) is 3.96. The van der Waals surface area contributed by atoms with Crippen molar-refractivity contribution in [2.45, 2.75) is 20.4 Å². The van der Waals surface area contributed by atoms with Gasteiger partial charge in [-0.05, 0) is 36.6 Å². The quantitative estimate of drug-likeness (QED) is 0.945. The topological polar surface area (TPSA) is 44.7 Å². The Kier molecular flexibility index (Phi) is 3.92. The number of rotatable bonds is 3. The van der Waals surface area contributed by atoms with E-state index in [1.165, 1.54) is 11.1 Å². The Bertz CT molecular complexity index is 722. The van der Waals surface area contributed by atoms with Crippen LogP contribution >= 0.6 is 0 Å². The monoisotopic (exact) mass is 293 g/mol. The highest BCUT2D eigenvalue weighted by Crippen LogP contribution is 2.20. The minimum absolute atomic E-state index is 0.0247. The van der Waals surface area contributed by atoms with Gasteiger partial charge in [-0.15, -0.1) is 0 Å². The van der Waals surface area contributed by atoms with E-state index in [1.807, 2.05) is 42.5 Å². The van der Waals surface area contributed by atoms with Crippen molar-refractivity contribution in [2.24, 2.45) is 4.99 Å². The average Bonchev–Trinajstić information content (AvgIpc) is 2.86. The van der Waals surface area contributed by atoms with Gasteiger partial charge in [0.1, 0.15) is 6.54 Å². The van der Waals surface area contributed by atoms with Gasteiger partial charge in [-0.1, -0.05) is 42.5 Å². The van der Waals surface area contributed by atoms with Gasteiger partial charge in [0, 0.05) is 5.69 Å². The Morgan fingerprint density at radius 1 is 1.09 bits per heavy atom. The van der Waals surface area contributed by atoms with Crippen molar-refractivity contribution in [1.29, 1.82) is 0 Å². The molecule has 0 saturated carbocycles. The van der Waals surface area contributed by atoms with E-state index in [9.17, 15) is 4.79 Å². The smallest absolute Gasteiger partial charge is 0.251 e. The maximum atomic E-state index is 12.1. The van der Waals surface area contributed by atoms with Crippen LogP contribution in [0.2, 0.25) is 0 Å². The fourth-order valence-corrected chi connectivity index (χ4v) is 2.47. The molecule has 1 heterocycles. The number of hydrogen-bond acceptors (Lipinski definition) is 3. The van der Waals surface area contributed by atoms with Gasteiger partial charge >= 0.3 is 0 Å². The zero-order valence-corrected chi connectivity index (χ0v) is 12.8. The Balaban J connectivity index is 1.80. The van der Waals surface area contributed by atoms with Crippen LogP contribution in [0, 0.1) is 13.8 Å². The molecular weight excluding hydrogens is 274 g/mol. The molecule has 0 radical (unpaired) electrons. The van der Waals surface area contributed by atoms with E-state index in [2.05, 4.69) is 30.2 Å². The van der Waals surface area contributed by atoms with Gasteiger partial charge < -0.3 is 5.32 Å².